The molecule has 0 saturated heterocycles. The third kappa shape index (κ3) is 3.81. The molecule has 0 aliphatic heterocycles. The van der Waals surface area contributed by atoms with Crippen molar-refractivity contribution in [2.24, 2.45) is 0 Å². The summed E-state index contributed by atoms with van der Waals surface area (Å²) in [5, 5.41) is 21.3. The second kappa shape index (κ2) is 8.12. The minimum absolute atomic E-state index is 0.0136. The van der Waals surface area contributed by atoms with E-state index in [1.165, 1.54) is 16.4 Å². The minimum atomic E-state index is 0.0136. The first-order valence-corrected chi connectivity index (χ1v) is 9.79. The van der Waals surface area contributed by atoms with E-state index in [9.17, 15) is 5.26 Å². The van der Waals surface area contributed by atoms with Crippen molar-refractivity contribution in [3.8, 4) is 29.2 Å². The molecule has 4 aromatic heterocycles. The summed E-state index contributed by atoms with van der Waals surface area (Å²) in [6, 6.07) is 13.1. The first-order valence-electron chi connectivity index (χ1n) is 8.56. The Morgan fingerprint density at radius 1 is 1.24 bits per heavy atom. The molecule has 9 nitrogen and oxygen atoms in total. The van der Waals surface area contributed by atoms with Crippen LogP contribution in [0.1, 0.15) is 17.1 Å². The first kappa shape index (κ1) is 18.6. The third-order valence-electron chi connectivity index (χ3n) is 4.02. The zero-order chi connectivity index (χ0) is 20.2. The van der Waals surface area contributed by atoms with E-state index >= 15 is 0 Å². The fraction of sp³-hybridized carbons (Fsp3) is 0.158. The maximum atomic E-state index is 9.61. The van der Waals surface area contributed by atoms with E-state index in [0.29, 0.717) is 28.7 Å². The van der Waals surface area contributed by atoms with Gasteiger partial charge in [-0.1, -0.05) is 6.07 Å². The van der Waals surface area contributed by atoms with E-state index in [1.54, 1.807) is 30.5 Å². The molecule has 0 atom stereocenters. The van der Waals surface area contributed by atoms with Gasteiger partial charge < -0.3 is 9.15 Å². The predicted octanol–water partition coefficient (Wildman–Crippen LogP) is 3.19. The summed E-state index contributed by atoms with van der Waals surface area (Å²) >= 11 is 1.43. The molecular weight excluding hydrogens is 390 g/mol. The molecular formula is C19H15N7O2S. The first-order chi connectivity index (χ1) is 14.2. The Morgan fingerprint density at radius 2 is 2.14 bits per heavy atom. The zero-order valence-corrected chi connectivity index (χ0v) is 16.4. The summed E-state index contributed by atoms with van der Waals surface area (Å²) in [6.07, 6.45) is 3.45. The van der Waals surface area contributed by atoms with Gasteiger partial charge in [0, 0.05) is 10.6 Å². The van der Waals surface area contributed by atoms with E-state index in [-0.39, 0.29) is 12.5 Å². The van der Waals surface area contributed by atoms with Crippen LogP contribution in [0.2, 0.25) is 0 Å². The van der Waals surface area contributed by atoms with Crippen molar-refractivity contribution in [1.82, 2.24) is 30.2 Å². The number of pyridine rings is 2. The summed E-state index contributed by atoms with van der Waals surface area (Å²) in [4.78, 5) is 9.63. The van der Waals surface area contributed by atoms with Crippen LogP contribution >= 0.6 is 11.8 Å². The van der Waals surface area contributed by atoms with Crippen LogP contribution in [-0.2, 0) is 6.61 Å². The fourth-order valence-electron chi connectivity index (χ4n) is 2.67. The van der Waals surface area contributed by atoms with Crippen molar-refractivity contribution in [1.29, 1.82) is 5.26 Å². The SMILES string of the molecule is CSc1cc(-c2ccco2)nc(OCc2nnnn2-c2cccc(C)n2)c1C#N. The average Bonchev–Trinajstić information content (AvgIpc) is 3.43. The van der Waals surface area contributed by atoms with Crippen molar-refractivity contribution in [2.45, 2.75) is 18.4 Å². The second-order valence-corrected chi connectivity index (χ2v) is 6.76. The number of rotatable bonds is 6. The summed E-state index contributed by atoms with van der Waals surface area (Å²) in [5.74, 6) is 1.79. The highest BCUT2D eigenvalue weighted by Gasteiger charge is 2.18. The second-order valence-electron chi connectivity index (χ2n) is 5.91. The monoisotopic (exact) mass is 405 g/mol. The van der Waals surface area contributed by atoms with Crippen molar-refractivity contribution in [3.63, 3.8) is 0 Å². The van der Waals surface area contributed by atoms with Gasteiger partial charge in [-0.15, -0.1) is 16.9 Å². The van der Waals surface area contributed by atoms with E-state index in [4.69, 9.17) is 9.15 Å². The molecule has 0 unspecified atom stereocenters. The Labute approximate surface area is 170 Å². The molecule has 144 valence electrons. The van der Waals surface area contributed by atoms with Gasteiger partial charge in [0.15, 0.2) is 24.0 Å². The van der Waals surface area contributed by atoms with Gasteiger partial charge in [-0.3, -0.25) is 0 Å². The summed E-state index contributed by atoms with van der Waals surface area (Å²) in [6.45, 7) is 1.90. The van der Waals surface area contributed by atoms with Crippen LogP contribution in [0.5, 0.6) is 5.88 Å². The molecule has 4 heterocycles. The molecule has 0 aromatic carbocycles. The number of furan rings is 1. The van der Waals surface area contributed by atoms with Gasteiger partial charge in [0.05, 0.1) is 6.26 Å². The van der Waals surface area contributed by atoms with E-state index in [2.05, 4.69) is 31.6 Å². The number of aryl methyl sites for hydroxylation is 1. The molecule has 4 aromatic rings. The highest BCUT2D eigenvalue weighted by Crippen LogP contribution is 2.32. The number of aromatic nitrogens is 6. The maximum Gasteiger partial charge on any atom is 0.233 e. The number of ether oxygens (including phenoxy) is 1. The molecule has 0 aliphatic carbocycles. The number of hydrogen-bond acceptors (Lipinski definition) is 9. The zero-order valence-electron chi connectivity index (χ0n) is 15.6. The minimum Gasteiger partial charge on any atom is -0.468 e. The lowest BCUT2D eigenvalue weighted by Crippen LogP contribution is -2.10. The van der Waals surface area contributed by atoms with Gasteiger partial charge in [0.2, 0.25) is 5.88 Å². The maximum absolute atomic E-state index is 9.61. The van der Waals surface area contributed by atoms with Gasteiger partial charge in [-0.2, -0.15) is 9.94 Å². The number of nitrogens with zero attached hydrogens (tertiary/aromatic N) is 7. The molecule has 0 N–H and O–H groups in total. The van der Waals surface area contributed by atoms with Gasteiger partial charge in [-0.05, 0) is 53.9 Å². The van der Waals surface area contributed by atoms with Crippen LogP contribution in [-0.4, -0.2) is 36.4 Å². The van der Waals surface area contributed by atoms with Gasteiger partial charge in [0.25, 0.3) is 0 Å². The topological polar surface area (TPSA) is 116 Å². The van der Waals surface area contributed by atoms with Crippen LogP contribution in [0, 0.1) is 18.3 Å². The Bertz CT molecular complexity index is 1180. The Morgan fingerprint density at radius 3 is 2.86 bits per heavy atom. The van der Waals surface area contributed by atoms with E-state index in [1.807, 2.05) is 25.3 Å². The Hall–Kier alpha value is -3.71. The predicted molar refractivity (Wildman–Crippen MR) is 104 cm³/mol. The van der Waals surface area contributed by atoms with E-state index < -0.39 is 0 Å². The third-order valence-corrected chi connectivity index (χ3v) is 4.78. The number of tetrazole rings is 1. The van der Waals surface area contributed by atoms with Crippen LogP contribution < -0.4 is 4.74 Å². The highest BCUT2D eigenvalue weighted by molar-refractivity contribution is 7.98. The molecule has 0 fully saturated rings. The molecule has 29 heavy (non-hydrogen) atoms. The standard InChI is InChI=1S/C19H15N7O2S/c1-12-5-3-7-17(21-12)26-18(23-24-25-26)11-28-19-13(10-20)16(29-2)9-14(22-19)15-6-4-8-27-15/h3-9H,11H2,1-2H3. The molecule has 0 spiro atoms. The number of hydrogen-bond donors (Lipinski definition) is 0. The average molecular weight is 405 g/mol. The lowest BCUT2D eigenvalue weighted by atomic mass is 10.2. The highest BCUT2D eigenvalue weighted by atomic mass is 32.2. The summed E-state index contributed by atoms with van der Waals surface area (Å²) < 4.78 is 12.8. The molecule has 10 heteroatoms. The number of thioether (sulfide) groups is 1. The van der Waals surface area contributed by atoms with Crippen molar-refractivity contribution >= 4 is 11.8 Å². The Kier molecular flexibility index (Phi) is 5.22. The fourth-order valence-corrected chi connectivity index (χ4v) is 3.24. The van der Waals surface area contributed by atoms with Gasteiger partial charge in [-0.25, -0.2) is 9.97 Å². The van der Waals surface area contributed by atoms with Crippen LogP contribution in [0.15, 0.2) is 52.0 Å². The lowest BCUT2D eigenvalue weighted by Gasteiger charge is -2.11. The molecule has 0 bridgehead atoms. The van der Waals surface area contributed by atoms with Gasteiger partial charge >= 0.3 is 0 Å². The molecule has 0 amide bonds. The summed E-state index contributed by atoms with van der Waals surface area (Å²) in [7, 11) is 0. The lowest BCUT2D eigenvalue weighted by molar-refractivity contribution is 0.279. The van der Waals surface area contributed by atoms with Crippen molar-refractivity contribution < 1.29 is 9.15 Å². The molecule has 0 saturated carbocycles. The van der Waals surface area contributed by atoms with Crippen LogP contribution in [0.3, 0.4) is 0 Å². The smallest absolute Gasteiger partial charge is 0.233 e. The largest absolute Gasteiger partial charge is 0.468 e. The Balaban J connectivity index is 1.66. The quantitative estimate of drug-likeness (QED) is 0.446. The van der Waals surface area contributed by atoms with E-state index in [0.717, 1.165) is 10.6 Å². The number of nitriles is 1. The van der Waals surface area contributed by atoms with Crippen molar-refractivity contribution in [3.05, 3.63) is 59.7 Å². The molecule has 4 rings (SSSR count). The molecule has 0 aliphatic rings. The van der Waals surface area contributed by atoms with Gasteiger partial charge in [0.1, 0.15) is 17.3 Å². The molecule has 0 radical (unpaired) electrons. The van der Waals surface area contributed by atoms with Crippen LogP contribution in [0.25, 0.3) is 17.3 Å². The van der Waals surface area contributed by atoms with Crippen molar-refractivity contribution in [2.75, 3.05) is 6.26 Å². The summed E-state index contributed by atoms with van der Waals surface area (Å²) in [5.41, 5.74) is 1.77. The normalized spacial score (nSPS) is 10.7. The van der Waals surface area contributed by atoms with Crippen LogP contribution in [0.4, 0.5) is 0 Å².